The molecular formula is C19H28ClN3O3S. The van der Waals surface area contributed by atoms with Crippen molar-refractivity contribution in [1.82, 2.24) is 14.5 Å². The third-order valence-electron chi connectivity index (χ3n) is 5.44. The van der Waals surface area contributed by atoms with Gasteiger partial charge in [-0.3, -0.25) is 4.79 Å². The van der Waals surface area contributed by atoms with Gasteiger partial charge in [0.1, 0.15) is 0 Å². The van der Waals surface area contributed by atoms with E-state index in [1.807, 2.05) is 0 Å². The number of hydrogen-bond donors (Lipinski definition) is 1. The van der Waals surface area contributed by atoms with E-state index in [4.69, 9.17) is 11.6 Å². The van der Waals surface area contributed by atoms with E-state index >= 15 is 0 Å². The number of hydrogen-bond acceptors (Lipinski definition) is 4. The van der Waals surface area contributed by atoms with E-state index in [-0.39, 0.29) is 24.2 Å². The zero-order valence-electron chi connectivity index (χ0n) is 15.6. The Labute approximate surface area is 166 Å². The molecule has 0 bridgehead atoms. The van der Waals surface area contributed by atoms with Gasteiger partial charge in [-0.25, -0.2) is 8.42 Å². The zero-order chi connectivity index (χ0) is 19.3. The number of benzene rings is 1. The third kappa shape index (κ3) is 5.22. The van der Waals surface area contributed by atoms with Gasteiger partial charge in [0.25, 0.3) is 5.91 Å². The highest BCUT2D eigenvalue weighted by atomic mass is 35.5. The van der Waals surface area contributed by atoms with Gasteiger partial charge in [0.2, 0.25) is 10.0 Å². The normalized spacial score (nSPS) is 19.7. The van der Waals surface area contributed by atoms with Crippen LogP contribution in [-0.2, 0) is 10.0 Å². The molecule has 3 rings (SSSR count). The van der Waals surface area contributed by atoms with Gasteiger partial charge in [-0.15, -0.1) is 0 Å². The smallest absolute Gasteiger partial charge is 0.255 e. The van der Waals surface area contributed by atoms with Crippen LogP contribution in [0.25, 0.3) is 0 Å². The monoisotopic (exact) mass is 413 g/mol. The van der Waals surface area contributed by atoms with Crippen molar-refractivity contribution in [2.45, 2.75) is 38.1 Å². The molecule has 2 fully saturated rings. The van der Waals surface area contributed by atoms with Crippen LogP contribution in [0.15, 0.2) is 24.3 Å². The second-order valence-corrected chi connectivity index (χ2v) is 9.73. The predicted octanol–water partition coefficient (Wildman–Crippen LogP) is 2.35. The fraction of sp³-hybridized carbons (Fsp3) is 0.632. The SMILES string of the molecule is O=C(c1ccccc1Cl)N(CCS(=O)(=O)N1CCNCC1)C1CCCCC1. The fourth-order valence-corrected chi connectivity index (χ4v) is 5.54. The lowest BCUT2D eigenvalue weighted by Crippen LogP contribution is -2.50. The molecule has 1 saturated heterocycles. The molecule has 0 atom stereocenters. The average Bonchev–Trinajstić information content (AvgIpc) is 2.70. The fourth-order valence-electron chi connectivity index (χ4n) is 3.90. The maximum absolute atomic E-state index is 13.2. The standard InChI is InChI=1S/C19H28ClN3O3S/c20-18-9-5-4-8-17(18)19(24)23(16-6-2-1-3-7-16)14-15-27(25,26)22-12-10-21-11-13-22/h4-5,8-9,16,21H,1-3,6-7,10-15H2. The average molecular weight is 414 g/mol. The number of rotatable bonds is 6. The molecule has 8 heteroatoms. The molecule has 1 heterocycles. The predicted molar refractivity (Wildman–Crippen MR) is 108 cm³/mol. The minimum atomic E-state index is -3.38. The van der Waals surface area contributed by atoms with Crippen LogP contribution in [0.2, 0.25) is 5.02 Å². The summed E-state index contributed by atoms with van der Waals surface area (Å²) in [5.74, 6) is -0.206. The largest absolute Gasteiger partial charge is 0.335 e. The first-order valence-electron chi connectivity index (χ1n) is 9.73. The van der Waals surface area contributed by atoms with Crippen LogP contribution in [0, 0.1) is 0 Å². The Morgan fingerprint density at radius 3 is 2.48 bits per heavy atom. The Bertz CT molecular complexity index is 744. The molecule has 1 aliphatic carbocycles. The summed E-state index contributed by atoms with van der Waals surface area (Å²) in [4.78, 5) is 14.9. The van der Waals surface area contributed by atoms with Crippen LogP contribution in [-0.4, -0.2) is 68.0 Å². The van der Waals surface area contributed by atoms with E-state index in [2.05, 4.69) is 5.32 Å². The Morgan fingerprint density at radius 2 is 1.81 bits per heavy atom. The molecule has 1 aromatic rings. The van der Waals surface area contributed by atoms with Crippen LogP contribution < -0.4 is 5.32 Å². The van der Waals surface area contributed by atoms with Crippen LogP contribution in [0.3, 0.4) is 0 Å². The molecule has 1 amide bonds. The highest BCUT2D eigenvalue weighted by Crippen LogP contribution is 2.26. The summed E-state index contributed by atoms with van der Waals surface area (Å²) in [5.41, 5.74) is 0.448. The summed E-state index contributed by atoms with van der Waals surface area (Å²) < 4.78 is 27.0. The Kier molecular flexibility index (Phi) is 7.14. The number of halogens is 1. The Morgan fingerprint density at radius 1 is 1.15 bits per heavy atom. The van der Waals surface area contributed by atoms with Crippen molar-refractivity contribution < 1.29 is 13.2 Å². The van der Waals surface area contributed by atoms with Crippen molar-refractivity contribution in [2.75, 3.05) is 38.5 Å². The molecule has 0 unspecified atom stereocenters. The topological polar surface area (TPSA) is 69.7 Å². The lowest BCUT2D eigenvalue weighted by Gasteiger charge is -2.35. The van der Waals surface area contributed by atoms with Crippen molar-refractivity contribution >= 4 is 27.5 Å². The molecule has 27 heavy (non-hydrogen) atoms. The molecular weight excluding hydrogens is 386 g/mol. The van der Waals surface area contributed by atoms with Gasteiger partial charge in [0.05, 0.1) is 16.3 Å². The van der Waals surface area contributed by atoms with Gasteiger partial charge >= 0.3 is 0 Å². The molecule has 0 spiro atoms. The van der Waals surface area contributed by atoms with Crippen molar-refractivity contribution in [3.05, 3.63) is 34.9 Å². The Balaban J connectivity index is 1.75. The molecule has 6 nitrogen and oxygen atoms in total. The summed E-state index contributed by atoms with van der Waals surface area (Å²) in [6, 6.07) is 7.08. The number of nitrogens with one attached hydrogen (secondary N) is 1. The van der Waals surface area contributed by atoms with Crippen molar-refractivity contribution in [3.8, 4) is 0 Å². The summed E-state index contributed by atoms with van der Waals surface area (Å²) in [5, 5.41) is 3.57. The molecule has 1 saturated carbocycles. The van der Waals surface area contributed by atoms with E-state index in [0.29, 0.717) is 36.8 Å². The summed E-state index contributed by atoms with van der Waals surface area (Å²) in [6.45, 7) is 2.53. The second-order valence-electron chi connectivity index (χ2n) is 7.24. The van der Waals surface area contributed by atoms with Gasteiger partial charge in [0.15, 0.2) is 0 Å². The highest BCUT2D eigenvalue weighted by Gasteiger charge is 2.30. The van der Waals surface area contributed by atoms with E-state index in [1.165, 1.54) is 10.7 Å². The quantitative estimate of drug-likeness (QED) is 0.777. The van der Waals surface area contributed by atoms with Gasteiger partial charge in [-0.2, -0.15) is 4.31 Å². The van der Waals surface area contributed by atoms with Crippen molar-refractivity contribution in [2.24, 2.45) is 0 Å². The number of sulfonamides is 1. The molecule has 150 valence electrons. The Hall–Kier alpha value is -1.15. The first-order valence-corrected chi connectivity index (χ1v) is 11.7. The summed E-state index contributed by atoms with van der Waals surface area (Å²) >= 11 is 6.23. The minimum absolute atomic E-state index is 0.0420. The maximum atomic E-state index is 13.2. The van der Waals surface area contributed by atoms with E-state index in [0.717, 1.165) is 25.7 Å². The van der Waals surface area contributed by atoms with Gasteiger partial charge in [-0.1, -0.05) is 43.0 Å². The lowest BCUT2D eigenvalue weighted by molar-refractivity contribution is 0.0649. The number of piperazine rings is 1. The summed E-state index contributed by atoms with van der Waals surface area (Å²) in [7, 11) is -3.38. The first-order chi connectivity index (χ1) is 13.0. The number of carbonyl (C=O) groups excluding carboxylic acids is 1. The molecule has 1 aromatic carbocycles. The van der Waals surface area contributed by atoms with Gasteiger partial charge in [-0.05, 0) is 25.0 Å². The van der Waals surface area contributed by atoms with E-state index < -0.39 is 10.0 Å². The molecule has 0 aromatic heterocycles. The molecule has 1 aliphatic heterocycles. The van der Waals surface area contributed by atoms with Crippen LogP contribution in [0.1, 0.15) is 42.5 Å². The number of nitrogens with zero attached hydrogens (tertiary/aromatic N) is 2. The first kappa shape index (κ1) is 20.6. The third-order valence-corrected chi connectivity index (χ3v) is 7.62. The van der Waals surface area contributed by atoms with E-state index in [1.54, 1.807) is 29.2 Å². The summed E-state index contributed by atoms with van der Waals surface area (Å²) in [6.07, 6.45) is 5.15. The molecule has 1 N–H and O–H groups in total. The second kappa shape index (κ2) is 9.37. The van der Waals surface area contributed by atoms with Crippen molar-refractivity contribution in [3.63, 3.8) is 0 Å². The molecule has 0 radical (unpaired) electrons. The van der Waals surface area contributed by atoms with Crippen LogP contribution >= 0.6 is 11.6 Å². The number of carbonyl (C=O) groups is 1. The van der Waals surface area contributed by atoms with E-state index in [9.17, 15) is 13.2 Å². The maximum Gasteiger partial charge on any atom is 0.255 e. The van der Waals surface area contributed by atoms with Crippen molar-refractivity contribution in [1.29, 1.82) is 0 Å². The molecule has 2 aliphatic rings. The van der Waals surface area contributed by atoms with Crippen LogP contribution in [0.4, 0.5) is 0 Å². The lowest BCUT2D eigenvalue weighted by atomic mass is 9.93. The van der Waals surface area contributed by atoms with Crippen LogP contribution in [0.5, 0.6) is 0 Å². The van der Waals surface area contributed by atoms with Gasteiger partial charge < -0.3 is 10.2 Å². The van der Waals surface area contributed by atoms with Gasteiger partial charge in [0, 0.05) is 38.8 Å². The minimum Gasteiger partial charge on any atom is -0.335 e. The number of amides is 1. The zero-order valence-corrected chi connectivity index (χ0v) is 17.1. The highest BCUT2D eigenvalue weighted by molar-refractivity contribution is 7.89.